The van der Waals surface area contributed by atoms with Gasteiger partial charge in [-0.05, 0) is 73.5 Å². The third kappa shape index (κ3) is 6.55. The van der Waals surface area contributed by atoms with Gasteiger partial charge in [0.05, 0.1) is 25.9 Å². The number of nitrogens with zero attached hydrogens (tertiary/aromatic N) is 3. The fourth-order valence-corrected chi connectivity index (χ4v) is 4.78. The van der Waals surface area contributed by atoms with Crippen molar-refractivity contribution >= 4 is 35.1 Å². The number of rotatable bonds is 9. The van der Waals surface area contributed by atoms with Crippen LogP contribution < -0.4 is 20.1 Å². The Kier molecular flexibility index (Phi) is 8.58. The molecule has 0 aliphatic heterocycles. The van der Waals surface area contributed by atoms with Crippen LogP contribution in [0.25, 0.3) is 5.69 Å². The van der Waals surface area contributed by atoms with E-state index in [2.05, 4.69) is 20.8 Å². The topological polar surface area (TPSA) is 90.3 Å². The Morgan fingerprint density at radius 2 is 1.78 bits per heavy atom. The van der Waals surface area contributed by atoms with Crippen LogP contribution in [0.1, 0.15) is 29.9 Å². The van der Waals surface area contributed by atoms with Crippen LogP contribution in [0.2, 0.25) is 5.02 Å². The molecular weight excluding hydrogens is 510 g/mol. The lowest BCUT2D eigenvalue weighted by molar-refractivity contribution is 0.249. The van der Waals surface area contributed by atoms with Gasteiger partial charge in [-0.3, -0.25) is 4.57 Å². The van der Waals surface area contributed by atoms with Crippen molar-refractivity contribution in [1.82, 2.24) is 20.1 Å². The van der Waals surface area contributed by atoms with Crippen LogP contribution in [0.5, 0.6) is 11.5 Å². The molecule has 0 saturated carbocycles. The molecule has 8 nitrogen and oxygen atoms in total. The van der Waals surface area contributed by atoms with Crippen LogP contribution in [0, 0.1) is 6.92 Å². The smallest absolute Gasteiger partial charge is 0.319 e. The quantitative estimate of drug-likeness (QED) is 0.239. The lowest BCUT2D eigenvalue weighted by Gasteiger charge is -2.18. The number of aromatic nitrogens is 3. The maximum Gasteiger partial charge on any atom is 0.319 e. The van der Waals surface area contributed by atoms with E-state index in [1.807, 2.05) is 60.9 Å². The summed E-state index contributed by atoms with van der Waals surface area (Å²) in [6, 6.07) is 19.9. The van der Waals surface area contributed by atoms with Crippen LogP contribution >= 0.6 is 23.4 Å². The zero-order chi connectivity index (χ0) is 26.4. The number of carbonyl (C=O) groups excluding carboxylic acids is 1. The number of carbonyl (C=O) groups is 1. The second-order valence-corrected chi connectivity index (χ2v) is 9.67. The highest BCUT2D eigenvalue weighted by molar-refractivity contribution is 7.98. The Hall–Kier alpha value is -3.69. The van der Waals surface area contributed by atoms with E-state index in [0.29, 0.717) is 33.2 Å². The average Bonchev–Trinajstić information content (AvgIpc) is 3.33. The zero-order valence-corrected chi connectivity index (χ0v) is 22.6. The molecule has 10 heteroatoms. The second-order valence-electron chi connectivity index (χ2n) is 8.30. The van der Waals surface area contributed by atoms with Crippen molar-refractivity contribution in [3.8, 4) is 17.2 Å². The maximum atomic E-state index is 12.7. The van der Waals surface area contributed by atoms with E-state index in [1.54, 1.807) is 50.2 Å². The normalized spacial score (nSPS) is 11.6. The van der Waals surface area contributed by atoms with Crippen molar-refractivity contribution in [3.05, 3.63) is 88.7 Å². The van der Waals surface area contributed by atoms with E-state index in [9.17, 15) is 4.79 Å². The lowest BCUT2D eigenvalue weighted by atomic mass is 10.2. The predicted octanol–water partition coefficient (Wildman–Crippen LogP) is 6.42. The summed E-state index contributed by atoms with van der Waals surface area (Å²) in [6.45, 7) is 3.87. The molecule has 2 N–H and O–H groups in total. The molecule has 2 amide bonds. The highest BCUT2D eigenvalue weighted by Gasteiger charge is 2.22. The van der Waals surface area contributed by atoms with E-state index in [-0.39, 0.29) is 6.03 Å². The van der Waals surface area contributed by atoms with Gasteiger partial charge in [0, 0.05) is 16.5 Å². The number of hydrogen-bond acceptors (Lipinski definition) is 6. The van der Waals surface area contributed by atoms with Gasteiger partial charge < -0.3 is 20.1 Å². The number of urea groups is 1. The summed E-state index contributed by atoms with van der Waals surface area (Å²) in [6.07, 6.45) is 0. The van der Waals surface area contributed by atoms with Crippen molar-refractivity contribution in [2.24, 2.45) is 0 Å². The fraction of sp³-hybridized carbons (Fsp3) is 0.222. The molecule has 0 aliphatic rings. The number of hydrogen-bond donors (Lipinski definition) is 2. The molecule has 1 heterocycles. The van der Waals surface area contributed by atoms with Gasteiger partial charge in [-0.15, -0.1) is 10.2 Å². The van der Waals surface area contributed by atoms with Gasteiger partial charge in [0.15, 0.2) is 11.0 Å². The summed E-state index contributed by atoms with van der Waals surface area (Å²) in [5.74, 6) is 2.76. The zero-order valence-electron chi connectivity index (χ0n) is 21.0. The number of methoxy groups -OCH3 is 2. The standard InChI is InChI=1S/C27H28ClN5O3S/c1-17-8-9-20(28)15-24(17)33-25(18(2)29-26(34)30-21-10-12-22(35-3)13-11-21)31-32-27(33)37-16-19-6-5-7-23(14-19)36-4/h5-15,18H,16H2,1-4H3,(H2,29,30,34). The number of ether oxygens (including phenoxy) is 2. The van der Waals surface area contributed by atoms with Crippen LogP contribution in [-0.4, -0.2) is 35.0 Å². The molecule has 1 aromatic heterocycles. The van der Waals surface area contributed by atoms with Gasteiger partial charge >= 0.3 is 6.03 Å². The highest BCUT2D eigenvalue weighted by atomic mass is 35.5. The molecule has 0 aliphatic carbocycles. The summed E-state index contributed by atoms with van der Waals surface area (Å²) in [4.78, 5) is 12.7. The fourth-order valence-electron chi connectivity index (χ4n) is 3.72. The van der Waals surface area contributed by atoms with Crippen molar-refractivity contribution in [1.29, 1.82) is 0 Å². The average molecular weight is 538 g/mol. The Morgan fingerprint density at radius 3 is 2.51 bits per heavy atom. The molecule has 0 spiro atoms. The minimum absolute atomic E-state index is 0.361. The number of anilines is 1. The highest BCUT2D eigenvalue weighted by Crippen LogP contribution is 2.31. The Labute approximate surface area is 225 Å². The number of benzene rings is 3. The number of nitrogens with one attached hydrogen (secondary N) is 2. The molecule has 1 atom stereocenters. The maximum absolute atomic E-state index is 12.7. The summed E-state index contributed by atoms with van der Waals surface area (Å²) >= 11 is 7.90. The molecule has 4 aromatic rings. The first kappa shape index (κ1) is 26.4. The summed E-state index contributed by atoms with van der Waals surface area (Å²) in [5, 5.41) is 16.0. The van der Waals surface area contributed by atoms with Gasteiger partial charge in [0.25, 0.3) is 0 Å². The number of thioether (sulfide) groups is 1. The molecule has 0 radical (unpaired) electrons. The van der Waals surface area contributed by atoms with Crippen LogP contribution in [0.15, 0.2) is 71.9 Å². The Morgan fingerprint density at radius 1 is 1.03 bits per heavy atom. The first-order valence-electron chi connectivity index (χ1n) is 11.6. The van der Waals surface area contributed by atoms with Crippen molar-refractivity contribution in [2.45, 2.75) is 30.8 Å². The summed E-state index contributed by atoms with van der Waals surface area (Å²) < 4.78 is 12.5. The van der Waals surface area contributed by atoms with Gasteiger partial charge in [0.2, 0.25) is 0 Å². The van der Waals surface area contributed by atoms with Crippen molar-refractivity contribution < 1.29 is 14.3 Å². The number of halogens is 1. The Balaban J connectivity index is 1.58. The third-order valence-corrected chi connectivity index (χ3v) is 6.89. The SMILES string of the molecule is COc1ccc(NC(=O)NC(C)c2nnc(SCc3cccc(OC)c3)n2-c2cc(Cl)ccc2C)cc1. The van der Waals surface area contributed by atoms with E-state index in [1.165, 1.54) is 0 Å². The van der Waals surface area contributed by atoms with Crippen LogP contribution in [0.4, 0.5) is 10.5 Å². The molecular formula is C27H28ClN5O3S. The molecule has 192 valence electrons. The van der Waals surface area contributed by atoms with Crippen LogP contribution in [-0.2, 0) is 5.75 Å². The van der Waals surface area contributed by atoms with Crippen molar-refractivity contribution in [2.75, 3.05) is 19.5 Å². The first-order chi connectivity index (χ1) is 17.9. The monoisotopic (exact) mass is 537 g/mol. The predicted molar refractivity (Wildman–Crippen MR) is 147 cm³/mol. The molecule has 37 heavy (non-hydrogen) atoms. The van der Waals surface area contributed by atoms with E-state index < -0.39 is 6.04 Å². The molecule has 0 fully saturated rings. The van der Waals surface area contributed by atoms with E-state index >= 15 is 0 Å². The first-order valence-corrected chi connectivity index (χ1v) is 12.9. The number of amides is 2. The molecule has 0 bridgehead atoms. The van der Waals surface area contributed by atoms with E-state index in [4.69, 9.17) is 21.1 Å². The largest absolute Gasteiger partial charge is 0.497 e. The third-order valence-electron chi connectivity index (χ3n) is 5.66. The van der Waals surface area contributed by atoms with Gasteiger partial charge in [0.1, 0.15) is 11.5 Å². The van der Waals surface area contributed by atoms with Gasteiger partial charge in [-0.1, -0.05) is 41.6 Å². The molecule has 1 unspecified atom stereocenters. The minimum atomic E-state index is -0.449. The molecule has 4 rings (SSSR count). The number of aryl methyl sites for hydroxylation is 1. The minimum Gasteiger partial charge on any atom is -0.497 e. The lowest BCUT2D eigenvalue weighted by Crippen LogP contribution is -2.32. The van der Waals surface area contributed by atoms with E-state index in [0.717, 1.165) is 22.6 Å². The van der Waals surface area contributed by atoms with Crippen LogP contribution in [0.3, 0.4) is 0 Å². The van der Waals surface area contributed by atoms with Crippen molar-refractivity contribution in [3.63, 3.8) is 0 Å². The molecule has 3 aromatic carbocycles. The van der Waals surface area contributed by atoms with Gasteiger partial charge in [-0.2, -0.15) is 0 Å². The summed E-state index contributed by atoms with van der Waals surface area (Å²) in [5.41, 5.74) is 3.59. The second kappa shape index (κ2) is 12.0. The summed E-state index contributed by atoms with van der Waals surface area (Å²) in [7, 11) is 3.24. The Bertz CT molecular complexity index is 1380. The van der Waals surface area contributed by atoms with Gasteiger partial charge in [-0.25, -0.2) is 4.79 Å². The molecule has 0 saturated heterocycles.